The van der Waals surface area contributed by atoms with E-state index in [1.165, 1.54) is 12.5 Å². The second kappa shape index (κ2) is 5.65. The zero-order chi connectivity index (χ0) is 19.8. The third-order valence-electron chi connectivity index (χ3n) is 8.36. The van der Waals surface area contributed by atoms with E-state index in [4.69, 9.17) is 4.74 Å². The molecule has 0 aromatic heterocycles. The van der Waals surface area contributed by atoms with E-state index in [0.717, 1.165) is 31.2 Å². The van der Waals surface area contributed by atoms with Crippen molar-refractivity contribution in [1.29, 1.82) is 0 Å². The minimum atomic E-state index is -3.47. The van der Waals surface area contributed by atoms with Gasteiger partial charge in [0.05, 0.1) is 17.8 Å². The van der Waals surface area contributed by atoms with Gasteiger partial charge in [0.15, 0.2) is 9.84 Å². The Morgan fingerprint density at radius 1 is 1.07 bits per heavy atom. The third kappa shape index (κ3) is 2.49. The minimum absolute atomic E-state index is 0.00239. The molecule has 4 rings (SSSR count). The van der Waals surface area contributed by atoms with Crippen LogP contribution < -0.4 is 4.74 Å². The van der Waals surface area contributed by atoms with Crippen LogP contribution in [-0.2, 0) is 15.3 Å². The molecule has 2 saturated carbocycles. The molecule has 5 heteroatoms. The van der Waals surface area contributed by atoms with Crippen LogP contribution in [0.2, 0.25) is 0 Å². The van der Waals surface area contributed by atoms with Gasteiger partial charge in [0.25, 0.3) is 0 Å². The summed E-state index contributed by atoms with van der Waals surface area (Å²) in [5.74, 6) is 1.25. The molecule has 4 unspecified atom stereocenters. The highest BCUT2D eigenvalue weighted by Gasteiger charge is 2.62. The van der Waals surface area contributed by atoms with E-state index in [1.54, 1.807) is 13.2 Å². The molecule has 0 spiro atoms. The molecule has 3 aliphatic rings. The van der Waals surface area contributed by atoms with Gasteiger partial charge >= 0.3 is 0 Å². The van der Waals surface area contributed by atoms with E-state index in [0.29, 0.717) is 11.7 Å². The maximum Gasteiger partial charge on any atom is 0.179 e. The second-order valence-corrected chi connectivity index (χ2v) is 12.2. The van der Waals surface area contributed by atoms with E-state index in [2.05, 4.69) is 27.7 Å². The molecule has 1 N–H and O–H groups in total. The number of ether oxygens (including phenoxy) is 1. The van der Waals surface area contributed by atoms with Gasteiger partial charge in [-0.25, -0.2) is 8.42 Å². The standard InChI is InChI=1S/C22H32O4S/c1-20(2)8-6-9-21(3)17(20)7-10-22(4)18(21)13-27(24,25)16-12-14(23)11-15(26-5)19(16)22/h11-12,17-18,23H,6-10,13H2,1-5H3. The molecule has 0 saturated heterocycles. The summed E-state index contributed by atoms with van der Waals surface area (Å²) in [7, 11) is -1.91. The van der Waals surface area contributed by atoms with Gasteiger partial charge < -0.3 is 9.84 Å². The highest BCUT2D eigenvalue weighted by Crippen LogP contribution is 2.67. The van der Waals surface area contributed by atoms with E-state index in [1.807, 2.05) is 0 Å². The lowest BCUT2D eigenvalue weighted by molar-refractivity contribution is -0.0984. The maximum atomic E-state index is 13.3. The van der Waals surface area contributed by atoms with E-state index in [-0.39, 0.29) is 38.6 Å². The Hall–Kier alpha value is -1.23. The van der Waals surface area contributed by atoms with Crippen LogP contribution in [-0.4, -0.2) is 26.4 Å². The summed E-state index contributed by atoms with van der Waals surface area (Å²) in [6.45, 7) is 9.30. The number of rotatable bonds is 1. The number of aromatic hydroxyl groups is 1. The fraction of sp³-hybridized carbons (Fsp3) is 0.727. The molecular formula is C22H32O4S. The van der Waals surface area contributed by atoms with Crippen LogP contribution in [0.5, 0.6) is 11.5 Å². The van der Waals surface area contributed by atoms with E-state index < -0.39 is 9.84 Å². The Morgan fingerprint density at radius 2 is 1.78 bits per heavy atom. The summed E-state index contributed by atoms with van der Waals surface area (Å²) < 4.78 is 32.2. The predicted molar refractivity (Wildman–Crippen MR) is 106 cm³/mol. The van der Waals surface area contributed by atoms with Gasteiger partial charge in [-0.15, -0.1) is 0 Å². The zero-order valence-corrected chi connectivity index (χ0v) is 17.9. The van der Waals surface area contributed by atoms with Crippen molar-refractivity contribution in [3.8, 4) is 11.5 Å². The average molecular weight is 393 g/mol. The number of benzene rings is 1. The quantitative estimate of drug-likeness (QED) is 0.753. The zero-order valence-electron chi connectivity index (χ0n) is 17.1. The van der Waals surface area contributed by atoms with Gasteiger partial charge in [0.1, 0.15) is 11.5 Å². The van der Waals surface area contributed by atoms with Crippen LogP contribution in [0.3, 0.4) is 0 Å². The summed E-state index contributed by atoms with van der Waals surface area (Å²) >= 11 is 0. The fourth-order valence-corrected chi connectivity index (χ4v) is 9.49. The van der Waals surface area contributed by atoms with Crippen molar-refractivity contribution in [2.75, 3.05) is 12.9 Å². The lowest BCUT2D eigenvalue weighted by Crippen LogP contribution is -2.59. The predicted octanol–water partition coefficient (Wildman–Crippen LogP) is 4.69. The number of phenolic OH excluding ortho intramolecular Hbond substituents is 1. The van der Waals surface area contributed by atoms with Crippen LogP contribution in [0, 0.1) is 22.7 Å². The smallest absolute Gasteiger partial charge is 0.179 e. The summed E-state index contributed by atoms with van der Waals surface area (Å²) in [6, 6.07) is 3.00. The third-order valence-corrected chi connectivity index (χ3v) is 10.1. The number of fused-ring (bicyclic) bond motifs is 5. The van der Waals surface area contributed by atoms with Gasteiger partial charge in [-0.2, -0.15) is 0 Å². The van der Waals surface area contributed by atoms with Gasteiger partial charge in [-0.05, 0) is 54.4 Å². The average Bonchev–Trinajstić information content (AvgIpc) is 2.55. The molecule has 0 bridgehead atoms. The number of hydrogen-bond donors (Lipinski definition) is 1. The number of phenols is 1. The summed E-state index contributed by atoms with van der Waals surface area (Å²) in [4.78, 5) is 0.273. The molecule has 0 radical (unpaired) electrons. The number of methoxy groups -OCH3 is 1. The van der Waals surface area contributed by atoms with Crippen molar-refractivity contribution in [2.24, 2.45) is 22.7 Å². The first kappa shape index (κ1) is 19.1. The van der Waals surface area contributed by atoms with Gasteiger partial charge in [-0.1, -0.05) is 34.1 Å². The lowest BCUT2D eigenvalue weighted by Gasteiger charge is -2.63. The SMILES string of the molecule is COc1cc(O)cc2c1C1(C)CCC3C(C)(C)CCCC3(C)C1CS2(=O)=O. The van der Waals surface area contributed by atoms with Gasteiger partial charge in [0.2, 0.25) is 0 Å². The Labute approximate surface area is 163 Å². The Bertz CT molecular complexity index is 888. The fourth-order valence-electron chi connectivity index (χ4n) is 7.18. The molecule has 1 aromatic rings. The molecule has 1 heterocycles. The Balaban J connectivity index is 1.96. The van der Waals surface area contributed by atoms with Crippen molar-refractivity contribution in [3.05, 3.63) is 17.7 Å². The first-order valence-corrected chi connectivity index (χ1v) is 11.8. The molecule has 4 atom stereocenters. The van der Waals surface area contributed by atoms with Crippen LogP contribution in [0.15, 0.2) is 17.0 Å². The molecule has 0 amide bonds. The molecule has 4 nitrogen and oxygen atoms in total. The van der Waals surface area contributed by atoms with Crippen molar-refractivity contribution in [1.82, 2.24) is 0 Å². The van der Waals surface area contributed by atoms with Gasteiger partial charge in [-0.3, -0.25) is 0 Å². The topological polar surface area (TPSA) is 63.6 Å². The molecule has 150 valence electrons. The highest BCUT2D eigenvalue weighted by molar-refractivity contribution is 7.91. The maximum absolute atomic E-state index is 13.3. The number of hydrogen-bond acceptors (Lipinski definition) is 4. The Kier molecular flexibility index (Phi) is 4.00. The van der Waals surface area contributed by atoms with Crippen LogP contribution in [0.1, 0.15) is 65.4 Å². The van der Waals surface area contributed by atoms with Gasteiger partial charge in [0, 0.05) is 17.0 Å². The molecule has 2 aliphatic carbocycles. The van der Waals surface area contributed by atoms with E-state index >= 15 is 0 Å². The summed E-state index contributed by atoms with van der Waals surface area (Å²) in [5.41, 5.74) is 0.792. The molecular weight excluding hydrogens is 360 g/mol. The van der Waals surface area contributed by atoms with Crippen molar-refractivity contribution in [3.63, 3.8) is 0 Å². The normalized spacial score (nSPS) is 39.0. The highest BCUT2D eigenvalue weighted by atomic mass is 32.2. The lowest BCUT2D eigenvalue weighted by atomic mass is 9.43. The molecule has 1 aromatic carbocycles. The largest absolute Gasteiger partial charge is 0.508 e. The first-order valence-electron chi connectivity index (χ1n) is 10.1. The monoisotopic (exact) mass is 392 g/mol. The van der Waals surface area contributed by atoms with Crippen LogP contribution in [0.25, 0.3) is 0 Å². The minimum Gasteiger partial charge on any atom is -0.508 e. The summed E-state index contributed by atoms with van der Waals surface area (Å²) in [6.07, 6.45) is 5.54. The molecule has 2 fully saturated rings. The molecule has 1 aliphatic heterocycles. The van der Waals surface area contributed by atoms with Crippen LogP contribution >= 0.6 is 0 Å². The van der Waals surface area contributed by atoms with Crippen molar-refractivity contribution in [2.45, 2.75) is 70.1 Å². The number of sulfone groups is 1. The van der Waals surface area contributed by atoms with Crippen LogP contribution in [0.4, 0.5) is 0 Å². The van der Waals surface area contributed by atoms with Crippen molar-refractivity contribution >= 4 is 9.84 Å². The Morgan fingerprint density at radius 3 is 2.44 bits per heavy atom. The summed E-state index contributed by atoms with van der Waals surface area (Å²) in [5, 5.41) is 10.1. The first-order chi connectivity index (χ1) is 12.5. The molecule has 27 heavy (non-hydrogen) atoms. The van der Waals surface area contributed by atoms with Crippen molar-refractivity contribution < 1.29 is 18.3 Å². The second-order valence-electron chi connectivity index (χ2n) is 10.2. The van der Waals surface area contributed by atoms with E-state index in [9.17, 15) is 13.5 Å².